The van der Waals surface area contributed by atoms with Crippen molar-refractivity contribution in [2.24, 2.45) is 7.05 Å². The number of carbonyl (C=O) groups excluding carboxylic acids is 3. The van der Waals surface area contributed by atoms with Crippen LogP contribution in [0.1, 0.15) is 21.6 Å². The molecule has 3 aromatic heterocycles. The van der Waals surface area contributed by atoms with Crippen LogP contribution in [0.15, 0.2) is 89.8 Å². The molecule has 4 aromatic carbocycles. The molecule has 7 aromatic rings. The van der Waals surface area contributed by atoms with E-state index in [9.17, 15) is 18.8 Å². The van der Waals surface area contributed by atoms with Crippen molar-refractivity contribution in [1.29, 1.82) is 0 Å². The maximum atomic E-state index is 15.1. The Morgan fingerprint density at radius 3 is 2.43 bits per heavy atom. The van der Waals surface area contributed by atoms with E-state index >= 15 is 4.39 Å². The largest absolute Gasteiger partial charge is 0.394 e. The number of nitrogens with one attached hydrogen (secondary N) is 4. The lowest BCUT2D eigenvalue weighted by atomic mass is 9.97. The quantitative estimate of drug-likeness (QED) is 0.0708. The van der Waals surface area contributed by atoms with Gasteiger partial charge in [0.15, 0.2) is 5.82 Å². The molecular formula is C42H37BrF2N10O5. The molecule has 0 aliphatic carbocycles. The van der Waals surface area contributed by atoms with Gasteiger partial charge in [-0.3, -0.25) is 24.5 Å². The summed E-state index contributed by atoms with van der Waals surface area (Å²) in [6, 6.07) is 21.0. The highest BCUT2D eigenvalue weighted by Gasteiger charge is 2.36. The third-order valence-corrected chi connectivity index (χ3v) is 10.7. The Kier molecular flexibility index (Phi) is 11.3. The summed E-state index contributed by atoms with van der Waals surface area (Å²) in [6.07, 6.45) is 3.19. The number of aliphatic hydroxyl groups is 1. The van der Waals surface area contributed by atoms with Crippen molar-refractivity contribution in [1.82, 2.24) is 40.2 Å². The molecule has 9 rings (SSSR count). The van der Waals surface area contributed by atoms with Gasteiger partial charge in [0.2, 0.25) is 5.95 Å². The molecule has 5 N–H and O–H groups in total. The first-order valence-electron chi connectivity index (χ1n) is 18.8. The molecular weight excluding hydrogens is 842 g/mol. The number of H-pyrrole nitrogens is 1. The number of para-hydroxylation sites is 2. The molecule has 60 heavy (non-hydrogen) atoms. The van der Waals surface area contributed by atoms with Gasteiger partial charge in [-0.15, -0.1) is 0 Å². The smallest absolute Gasteiger partial charge is 0.277 e. The molecule has 0 radical (unpaired) electrons. The number of hydroxylamine groups is 1. The zero-order chi connectivity index (χ0) is 42.1. The Morgan fingerprint density at radius 1 is 0.933 bits per heavy atom. The Labute approximate surface area is 349 Å². The number of aryl methyl sites for hydroxylation is 1. The summed E-state index contributed by atoms with van der Waals surface area (Å²) in [5.74, 6) is -2.47. The van der Waals surface area contributed by atoms with Gasteiger partial charge in [0.25, 0.3) is 17.7 Å². The minimum atomic E-state index is -0.803. The number of hydrogen-bond donors (Lipinski definition) is 5. The summed E-state index contributed by atoms with van der Waals surface area (Å²) >= 11 is 3.15. The van der Waals surface area contributed by atoms with E-state index < -0.39 is 29.4 Å². The van der Waals surface area contributed by atoms with Gasteiger partial charge in [-0.05, 0) is 43.4 Å². The Morgan fingerprint density at radius 2 is 1.67 bits per heavy atom. The van der Waals surface area contributed by atoms with Crippen LogP contribution in [0.4, 0.5) is 26.1 Å². The van der Waals surface area contributed by atoms with Crippen LogP contribution in [0.3, 0.4) is 0 Å². The number of carbonyl (C=O) groups is 3. The van der Waals surface area contributed by atoms with Crippen LogP contribution in [-0.2, 0) is 21.5 Å². The van der Waals surface area contributed by atoms with Gasteiger partial charge in [-0.25, -0.2) is 29.2 Å². The summed E-state index contributed by atoms with van der Waals surface area (Å²) in [4.78, 5) is 64.6. The van der Waals surface area contributed by atoms with Crippen molar-refractivity contribution in [2.45, 2.75) is 0 Å². The van der Waals surface area contributed by atoms with Crippen molar-refractivity contribution < 1.29 is 33.1 Å². The van der Waals surface area contributed by atoms with E-state index in [1.807, 2.05) is 48.5 Å². The third kappa shape index (κ3) is 7.80. The molecule has 1 fully saturated rings. The van der Waals surface area contributed by atoms with E-state index in [1.54, 1.807) is 23.9 Å². The van der Waals surface area contributed by atoms with E-state index in [4.69, 9.17) is 19.9 Å². The molecule has 0 atom stereocenters. The zero-order valence-corrected chi connectivity index (χ0v) is 33.8. The molecule has 5 heterocycles. The number of aromatic nitrogens is 5. The second-order valence-corrected chi connectivity index (χ2v) is 15.0. The van der Waals surface area contributed by atoms with Gasteiger partial charge in [0, 0.05) is 65.7 Å². The minimum absolute atomic E-state index is 0.0160. The van der Waals surface area contributed by atoms with Crippen molar-refractivity contribution in [3.63, 3.8) is 0 Å². The topological polar surface area (TPSA) is 183 Å². The van der Waals surface area contributed by atoms with Gasteiger partial charge in [-0.1, -0.05) is 52.3 Å². The molecule has 18 heteroatoms. The number of anilines is 3. The van der Waals surface area contributed by atoms with E-state index in [0.29, 0.717) is 38.3 Å². The lowest BCUT2D eigenvalue weighted by molar-refractivity contribution is -0.122. The molecule has 3 amide bonds. The highest BCUT2D eigenvalue weighted by Crippen LogP contribution is 2.37. The van der Waals surface area contributed by atoms with Crippen LogP contribution in [-0.4, -0.2) is 98.7 Å². The highest BCUT2D eigenvalue weighted by molar-refractivity contribution is 9.10. The number of nitrogens with zero attached hydrogens (tertiary/aromatic N) is 6. The summed E-state index contributed by atoms with van der Waals surface area (Å²) in [5, 5.41) is 15.5. The Balaban J connectivity index is 0.000000170. The van der Waals surface area contributed by atoms with Gasteiger partial charge >= 0.3 is 0 Å². The summed E-state index contributed by atoms with van der Waals surface area (Å²) in [7, 11) is 3.75. The number of fused-ring (bicyclic) bond motifs is 3. The number of rotatable bonds is 9. The Bertz CT molecular complexity index is 2850. The average molecular weight is 880 g/mol. The van der Waals surface area contributed by atoms with Crippen molar-refractivity contribution in [3.8, 4) is 0 Å². The Hall–Kier alpha value is -6.60. The van der Waals surface area contributed by atoms with Gasteiger partial charge < -0.3 is 29.8 Å². The van der Waals surface area contributed by atoms with Gasteiger partial charge in [-0.2, -0.15) is 0 Å². The van der Waals surface area contributed by atoms with Crippen LogP contribution < -0.4 is 21.0 Å². The number of amides is 3. The lowest BCUT2D eigenvalue weighted by Crippen LogP contribution is -2.45. The maximum absolute atomic E-state index is 15.1. The number of imidazole rings is 1. The molecule has 0 saturated carbocycles. The average Bonchev–Trinajstić information content (AvgIpc) is 3.93. The van der Waals surface area contributed by atoms with Crippen molar-refractivity contribution in [2.75, 3.05) is 56.7 Å². The number of aliphatic hydroxyl groups excluding tert-OH is 1. The van der Waals surface area contributed by atoms with Crippen LogP contribution in [0.2, 0.25) is 0 Å². The third-order valence-electron chi connectivity index (χ3n) is 10.2. The van der Waals surface area contributed by atoms with E-state index in [1.165, 1.54) is 24.5 Å². The van der Waals surface area contributed by atoms with Gasteiger partial charge in [0.05, 0.1) is 64.4 Å². The monoisotopic (exact) mass is 878 g/mol. The van der Waals surface area contributed by atoms with E-state index in [0.717, 1.165) is 48.0 Å². The molecule has 0 spiro atoms. The first-order chi connectivity index (χ1) is 29.0. The summed E-state index contributed by atoms with van der Waals surface area (Å²) in [6.45, 7) is 2.99. The fourth-order valence-corrected chi connectivity index (χ4v) is 7.42. The standard InChI is InChI=1S/C25H22N6O2.C17H15BrF2N4O3/c1-30-10-12-31(13-11-30)25-27-19-9-5-3-7-16(19)22(28-25)21-20(23(32)29-24(21)33)17-14-26-18-8-4-2-6-15(17)18;1-24-8-21-16-13(24)7-10(17(26)23-27-5-4-25)15(14(16)20)22-12-3-2-9(18)6-11(12)19/h2-9,14,26H,10-13H2,1H3,(H,29,32,33);2-3,6-8,22,25H,4-5H2,1H3,(H,23,26). The molecule has 1 saturated heterocycles. The van der Waals surface area contributed by atoms with Crippen LogP contribution >= 0.6 is 15.9 Å². The second kappa shape index (κ2) is 16.9. The summed E-state index contributed by atoms with van der Waals surface area (Å²) < 4.78 is 31.3. The van der Waals surface area contributed by atoms with Crippen LogP contribution in [0.25, 0.3) is 44.0 Å². The van der Waals surface area contributed by atoms with Crippen LogP contribution in [0, 0.1) is 11.6 Å². The SMILES string of the molecule is CN1CCN(c2nc(C3=C(c4c[nH]c5ccccc45)C(=O)NC3=O)c3ccccc3n2)CC1.Cn1cnc2c(F)c(Nc3ccc(Br)cc3F)c(C(=O)NOCCO)cc21. The molecule has 0 unspecified atom stereocenters. The number of benzene rings is 4. The maximum Gasteiger partial charge on any atom is 0.277 e. The number of halogens is 3. The first-order valence-corrected chi connectivity index (χ1v) is 19.6. The second-order valence-electron chi connectivity index (χ2n) is 14.0. The fourth-order valence-electron chi connectivity index (χ4n) is 7.09. The molecule has 306 valence electrons. The number of hydrogen-bond acceptors (Lipinski definition) is 11. The molecule has 2 aliphatic heterocycles. The van der Waals surface area contributed by atoms with E-state index in [2.05, 4.69) is 58.9 Å². The lowest BCUT2D eigenvalue weighted by Gasteiger charge is -2.32. The first kappa shape index (κ1) is 40.2. The predicted octanol–water partition coefficient (Wildman–Crippen LogP) is 5.44. The highest BCUT2D eigenvalue weighted by atomic mass is 79.9. The molecule has 2 aliphatic rings. The molecule has 0 bridgehead atoms. The minimum Gasteiger partial charge on any atom is -0.394 e. The van der Waals surface area contributed by atoms with Gasteiger partial charge in [0.1, 0.15) is 11.3 Å². The normalized spacial score (nSPS) is 14.5. The predicted molar refractivity (Wildman–Crippen MR) is 226 cm³/mol. The summed E-state index contributed by atoms with van der Waals surface area (Å²) in [5.41, 5.74) is 5.61. The number of piperazine rings is 1. The number of imide groups is 1. The van der Waals surface area contributed by atoms with E-state index in [-0.39, 0.29) is 35.7 Å². The van der Waals surface area contributed by atoms with Crippen molar-refractivity contribution in [3.05, 3.63) is 118 Å². The van der Waals surface area contributed by atoms with Crippen molar-refractivity contribution >= 4 is 95.0 Å². The fraction of sp³-hybridized carbons (Fsp3) is 0.190. The zero-order valence-electron chi connectivity index (χ0n) is 32.2. The van der Waals surface area contributed by atoms with Crippen LogP contribution in [0.5, 0.6) is 0 Å². The molecule has 15 nitrogen and oxygen atoms in total. The number of aromatic amines is 1. The number of likely N-dealkylation sites (N-methyl/N-ethyl adjacent to an activating group) is 1.